The van der Waals surface area contributed by atoms with E-state index in [9.17, 15) is 9.65 Å². The van der Waals surface area contributed by atoms with Gasteiger partial charge >= 0.3 is 0 Å². The topological polar surface area (TPSA) is 74.8 Å². The number of oxime groups is 1. The first-order chi connectivity index (χ1) is 15.1. The van der Waals surface area contributed by atoms with Crippen LogP contribution in [0.1, 0.15) is 62.5 Å². The number of hydrogen-bond donors (Lipinski definition) is 1. The Balaban J connectivity index is 1.59. The van der Waals surface area contributed by atoms with Gasteiger partial charge in [-0.1, -0.05) is 23.4 Å². The van der Waals surface area contributed by atoms with E-state index in [1.807, 2.05) is 18.2 Å². The SMILES string of the molecule is N#CC1(c2ccc(OCc3ccc(F)cc3)cc2OC2CCCC2)CCC(=NO)CC1. The van der Waals surface area contributed by atoms with Crippen molar-refractivity contribution in [3.8, 4) is 17.6 Å². The number of nitriles is 1. The van der Waals surface area contributed by atoms with Crippen LogP contribution in [-0.2, 0) is 12.0 Å². The minimum Gasteiger partial charge on any atom is -0.490 e. The molecule has 162 valence electrons. The highest BCUT2D eigenvalue weighted by atomic mass is 19.1. The van der Waals surface area contributed by atoms with Crippen molar-refractivity contribution in [2.45, 2.75) is 69.5 Å². The van der Waals surface area contributed by atoms with Gasteiger partial charge in [0.1, 0.15) is 23.9 Å². The molecule has 5 nitrogen and oxygen atoms in total. The van der Waals surface area contributed by atoms with Crippen LogP contribution in [0.15, 0.2) is 47.6 Å². The average molecular weight is 423 g/mol. The van der Waals surface area contributed by atoms with E-state index in [0.717, 1.165) is 42.5 Å². The second-order valence-electron chi connectivity index (χ2n) is 8.46. The lowest BCUT2D eigenvalue weighted by Crippen LogP contribution is -2.31. The molecule has 2 aromatic rings. The van der Waals surface area contributed by atoms with Crippen LogP contribution in [0.25, 0.3) is 0 Å². The first-order valence-electron chi connectivity index (χ1n) is 10.9. The van der Waals surface area contributed by atoms with Crippen molar-refractivity contribution in [1.82, 2.24) is 0 Å². The smallest absolute Gasteiger partial charge is 0.128 e. The Hall–Kier alpha value is -3.07. The molecular formula is C25H27FN2O3. The summed E-state index contributed by atoms with van der Waals surface area (Å²) < 4.78 is 25.5. The van der Waals surface area contributed by atoms with E-state index in [0.29, 0.717) is 43.8 Å². The summed E-state index contributed by atoms with van der Waals surface area (Å²) in [5.41, 5.74) is 1.83. The molecule has 0 spiro atoms. The largest absolute Gasteiger partial charge is 0.490 e. The van der Waals surface area contributed by atoms with Crippen molar-refractivity contribution in [2.24, 2.45) is 5.16 Å². The van der Waals surface area contributed by atoms with Gasteiger partial charge in [0, 0.05) is 11.6 Å². The van der Waals surface area contributed by atoms with E-state index in [-0.39, 0.29) is 11.9 Å². The average Bonchev–Trinajstić information content (AvgIpc) is 3.32. The lowest BCUT2D eigenvalue weighted by atomic mass is 9.69. The van der Waals surface area contributed by atoms with Crippen LogP contribution in [-0.4, -0.2) is 17.0 Å². The fraction of sp³-hybridized carbons (Fsp3) is 0.440. The molecular weight excluding hydrogens is 395 g/mol. The minimum absolute atomic E-state index is 0.153. The van der Waals surface area contributed by atoms with Crippen molar-refractivity contribution in [2.75, 3.05) is 0 Å². The van der Waals surface area contributed by atoms with E-state index in [4.69, 9.17) is 14.7 Å². The maximum atomic E-state index is 13.1. The molecule has 2 saturated carbocycles. The lowest BCUT2D eigenvalue weighted by Gasteiger charge is -2.33. The maximum absolute atomic E-state index is 13.1. The highest BCUT2D eigenvalue weighted by Crippen LogP contribution is 2.44. The van der Waals surface area contributed by atoms with Crippen LogP contribution in [0.5, 0.6) is 11.5 Å². The fourth-order valence-electron chi connectivity index (χ4n) is 4.53. The predicted molar refractivity (Wildman–Crippen MR) is 115 cm³/mol. The molecule has 31 heavy (non-hydrogen) atoms. The highest BCUT2D eigenvalue weighted by molar-refractivity contribution is 5.85. The second-order valence-corrected chi connectivity index (χ2v) is 8.46. The quantitative estimate of drug-likeness (QED) is 0.465. The Kier molecular flexibility index (Phi) is 6.41. The molecule has 2 aliphatic carbocycles. The highest BCUT2D eigenvalue weighted by Gasteiger charge is 2.39. The number of halogens is 1. The van der Waals surface area contributed by atoms with Crippen molar-refractivity contribution < 1.29 is 19.1 Å². The summed E-state index contributed by atoms with van der Waals surface area (Å²) in [4.78, 5) is 0. The van der Waals surface area contributed by atoms with Crippen LogP contribution in [0.2, 0.25) is 0 Å². The van der Waals surface area contributed by atoms with Crippen molar-refractivity contribution in [1.29, 1.82) is 5.26 Å². The molecule has 0 radical (unpaired) electrons. The minimum atomic E-state index is -0.669. The van der Waals surface area contributed by atoms with Gasteiger partial charge in [0.05, 0.1) is 23.3 Å². The van der Waals surface area contributed by atoms with Crippen molar-refractivity contribution in [3.63, 3.8) is 0 Å². The van der Waals surface area contributed by atoms with Gasteiger partial charge in [-0.25, -0.2) is 4.39 Å². The zero-order valence-electron chi connectivity index (χ0n) is 17.5. The Morgan fingerprint density at radius 3 is 2.45 bits per heavy atom. The third kappa shape index (κ3) is 4.82. The zero-order chi connectivity index (χ0) is 21.7. The number of rotatable bonds is 6. The molecule has 2 aliphatic rings. The summed E-state index contributed by atoms with van der Waals surface area (Å²) >= 11 is 0. The van der Waals surface area contributed by atoms with Gasteiger partial charge in [-0.15, -0.1) is 0 Å². The standard InChI is InChI=1S/C25H27FN2O3/c26-19-7-5-18(6-8-19)16-30-22-9-10-23(24(15-22)31-21-3-1-2-4-21)25(17-27)13-11-20(28-29)12-14-25/h5-10,15,21,29H,1-4,11-14,16H2. The molecule has 2 aromatic carbocycles. The molecule has 0 amide bonds. The fourth-order valence-corrected chi connectivity index (χ4v) is 4.53. The van der Waals surface area contributed by atoms with Gasteiger partial charge in [-0.3, -0.25) is 0 Å². The normalized spacial score (nSPS) is 21.5. The van der Waals surface area contributed by atoms with Crippen LogP contribution in [0.4, 0.5) is 4.39 Å². The summed E-state index contributed by atoms with van der Waals surface area (Å²) in [5.74, 6) is 1.08. The maximum Gasteiger partial charge on any atom is 0.128 e. The van der Waals surface area contributed by atoms with Gasteiger partial charge in [0.15, 0.2) is 0 Å². The third-order valence-corrected chi connectivity index (χ3v) is 6.42. The van der Waals surface area contributed by atoms with Crippen LogP contribution >= 0.6 is 0 Å². The molecule has 6 heteroatoms. The first kappa shape index (κ1) is 21.2. The Labute approximate surface area is 182 Å². The van der Waals surface area contributed by atoms with Crippen LogP contribution in [0, 0.1) is 17.1 Å². The van der Waals surface area contributed by atoms with Crippen molar-refractivity contribution >= 4 is 5.71 Å². The van der Waals surface area contributed by atoms with Gasteiger partial charge in [0.2, 0.25) is 0 Å². The van der Waals surface area contributed by atoms with E-state index in [2.05, 4.69) is 11.2 Å². The lowest BCUT2D eigenvalue weighted by molar-refractivity contribution is 0.202. The second kappa shape index (κ2) is 9.38. The monoisotopic (exact) mass is 422 g/mol. The number of nitrogens with zero attached hydrogens (tertiary/aromatic N) is 2. The molecule has 2 fully saturated rings. The van der Waals surface area contributed by atoms with Gasteiger partial charge in [-0.05, 0) is 75.1 Å². The molecule has 0 aromatic heterocycles. The number of hydrogen-bond acceptors (Lipinski definition) is 5. The first-order valence-corrected chi connectivity index (χ1v) is 10.9. The van der Waals surface area contributed by atoms with Crippen LogP contribution < -0.4 is 9.47 Å². The summed E-state index contributed by atoms with van der Waals surface area (Å²) in [5, 5.41) is 22.6. The summed E-state index contributed by atoms with van der Waals surface area (Å²) in [6, 6.07) is 14.5. The van der Waals surface area contributed by atoms with E-state index in [1.165, 1.54) is 12.1 Å². The summed E-state index contributed by atoms with van der Waals surface area (Å²) in [7, 11) is 0. The predicted octanol–water partition coefficient (Wildman–Crippen LogP) is 5.89. The Bertz CT molecular complexity index is 965. The molecule has 0 bridgehead atoms. The molecule has 0 aliphatic heterocycles. The number of benzene rings is 2. The Morgan fingerprint density at radius 2 is 1.81 bits per heavy atom. The molecule has 4 rings (SSSR count). The van der Waals surface area contributed by atoms with E-state index >= 15 is 0 Å². The Morgan fingerprint density at radius 1 is 1.10 bits per heavy atom. The molecule has 0 atom stereocenters. The summed E-state index contributed by atoms with van der Waals surface area (Å²) in [6.45, 7) is 0.322. The summed E-state index contributed by atoms with van der Waals surface area (Å²) in [6.07, 6.45) is 6.87. The van der Waals surface area contributed by atoms with Gasteiger partial charge in [-0.2, -0.15) is 5.26 Å². The van der Waals surface area contributed by atoms with Gasteiger partial charge < -0.3 is 14.7 Å². The molecule has 1 N–H and O–H groups in total. The van der Waals surface area contributed by atoms with Crippen LogP contribution in [0.3, 0.4) is 0 Å². The molecule has 0 unspecified atom stereocenters. The van der Waals surface area contributed by atoms with Crippen molar-refractivity contribution in [3.05, 3.63) is 59.4 Å². The number of ether oxygens (including phenoxy) is 2. The molecule has 0 heterocycles. The van der Waals surface area contributed by atoms with Gasteiger partial charge in [0.25, 0.3) is 0 Å². The van der Waals surface area contributed by atoms with E-state index in [1.54, 1.807) is 12.1 Å². The van der Waals surface area contributed by atoms with E-state index < -0.39 is 5.41 Å². The third-order valence-electron chi connectivity index (χ3n) is 6.42. The zero-order valence-corrected chi connectivity index (χ0v) is 17.5. The molecule has 0 saturated heterocycles.